The van der Waals surface area contributed by atoms with Gasteiger partial charge in [-0.1, -0.05) is 0 Å². The van der Waals surface area contributed by atoms with E-state index in [4.69, 9.17) is 14.2 Å². The Balaban J connectivity index is 1.50. The van der Waals surface area contributed by atoms with Crippen molar-refractivity contribution in [2.75, 3.05) is 34.0 Å². The molecule has 0 N–H and O–H groups in total. The Labute approximate surface area is 154 Å². The number of aliphatic imine (C=N–C) groups is 1. The molecule has 1 saturated heterocycles. The summed E-state index contributed by atoms with van der Waals surface area (Å²) in [5, 5.41) is 0. The molecule has 1 atom stereocenters. The monoisotopic (exact) mass is 358 g/mol. The number of nitrogens with zero attached hydrogens (tertiary/aromatic N) is 2. The molecule has 1 aliphatic carbocycles. The van der Waals surface area contributed by atoms with Gasteiger partial charge in [-0.05, 0) is 43.6 Å². The summed E-state index contributed by atoms with van der Waals surface area (Å²) in [6.45, 7) is 2.27. The van der Waals surface area contributed by atoms with Gasteiger partial charge in [0.25, 0.3) is 5.91 Å². The lowest BCUT2D eigenvalue weighted by molar-refractivity contribution is 0.0502. The van der Waals surface area contributed by atoms with Crippen molar-refractivity contribution in [3.05, 3.63) is 17.7 Å². The first-order valence-corrected chi connectivity index (χ1v) is 9.38. The highest BCUT2D eigenvalue weighted by atomic mass is 16.5. The second kappa shape index (κ2) is 7.27. The van der Waals surface area contributed by atoms with Gasteiger partial charge in [-0.3, -0.25) is 9.79 Å². The summed E-state index contributed by atoms with van der Waals surface area (Å²) >= 11 is 0. The molecule has 6 nitrogen and oxygen atoms in total. The van der Waals surface area contributed by atoms with Crippen LogP contribution in [0.15, 0.2) is 17.1 Å². The molecule has 1 amide bonds. The second-order valence-electron chi connectivity index (χ2n) is 7.48. The van der Waals surface area contributed by atoms with E-state index in [0.717, 1.165) is 38.8 Å². The minimum absolute atomic E-state index is 0.0336. The smallest absolute Gasteiger partial charge is 0.256 e. The van der Waals surface area contributed by atoms with Crippen LogP contribution in [0.4, 0.5) is 5.69 Å². The predicted molar refractivity (Wildman–Crippen MR) is 98.8 cm³/mol. The van der Waals surface area contributed by atoms with E-state index in [1.165, 1.54) is 0 Å². The molecule has 6 heteroatoms. The lowest BCUT2D eigenvalue weighted by Gasteiger charge is -2.34. The van der Waals surface area contributed by atoms with Crippen LogP contribution >= 0.6 is 0 Å². The number of benzene rings is 1. The average molecular weight is 358 g/mol. The van der Waals surface area contributed by atoms with Crippen molar-refractivity contribution in [3.8, 4) is 11.5 Å². The number of methoxy groups -OCH3 is 2. The van der Waals surface area contributed by atoms with Crippen LogP contribution in [0.25, 0.3) is 0 Å². The largest absolute Gasteiger partial charge is 0.493 e. The SMILES string of the molecule is COCC1CC(COc2cc3c(cc2OC)C(=O)N2CCC[C@H]2C=N3)C1. The van der Waals surface area contributed by atoms with Crippen molar-refractivity contribution in [1.82, 2.24) is 4.90 Å². The molecule has 0 bridgehead atoms. The summed E-state index contributed by atoms with van der Waals surface area (Å²) in [6, 6.07) is 3.73. The summed E-state index contributed by atoms with van der Waals surface area (Å²) in [6.07, 6.45) is 6.17. The normalized spacial score (nSPS) is 26.8. The Morgan fingerprint density at radius 2 is 1.96 bits per heavy atom. The molecule has 0 spiro atoms. The molecule has 1 aromatic carbocycles. The third-order valence-corrected chi connectivity index (χ3v) is 5.67. The molecule has 3 aliphatic rings. The van der Waals surface area contributed by atoms with Crippen LogP contribution in [0.2, 0.25) is 0 Å². The minimum atomic E-state index is 0.0336. The molecule has 1 aromatic rings. The second-order valence-corrected chi connectivity index (χ2v) is 7.48. The van der Waals surface area contributed by atoms with Gasteiger partial charge in [0.15, 0.2) is 11.5 Å². The van der Waals surface area contributed by atoms with Crippen molar-refractivity contribution in [1.29, 1.82) is 0 Å². The molecule has 0 unspecified atom stereocenters. The number of rotatable bonds is 6. The van der Waals surface area contributed by atoms with Crippen LogP contribution in [-0.2, 0) is 4.74 Å². The lowest BCUT2D eigenvalue weighted by atomic mass is 9.76. The van der Waals surface area contributed by atoms with E-state index < -0.39 is 0 Å². The highest BCUT2D eigenvalue weighted by molar-refractivity contribution is 6.03. The molecule has 26 heavy (non-hydrogen) atoms. The van der Waals surface area contributed by atoms with Crippen LogP contribution in [0.3, 0.4) is 0 Å². The zero-order valence-electron chi connectivity index (χ0n) is 15.4. The van der Waals surface area contributed by atoms with E-state index in [-0.39, 0.29) is 11.9 Å². The Hall–Kier alpha value is -2.08. The van der Waals surface area contributed by atoms with E-state index >= 15 is 0 Å². The van der Waals surface area contributed by atoms with E-state index in [0.29, 0.717) is 41.2 Å². The van der Waals surface area contributed by atoms with E-state index in [1.807, 2.05) is 17.2 Å². The lowest BCUT2D eigenvalue weighted by Crippen LogP contribution is -2.35. The Bertz CT molecular complexity index is 712. The maximum absolute atomic E-state index is 12.9. The highest BCUT2D eigenvalue weighted by Crippen LogP contribution is 2.40. The molecular weight excluding hydrogens is 332 g/mol. The van der Waals surface area contributed by atoms with E-state index in [9.17, 15) is 4.79 Å². The summed E-state index contributed by atoms with van der Waals surface area (Å²) in [7, 11) is 3.35. The Kier molecular flexibility index (Phi) is 4.85. The van der Waals surface area contributed by atoms with Crippen LogP contribution in [0.1, 0.15) is 36.0 Å². The Morgan fingerprint density at radius 3 is 2.73 bits per heavy atom. The molecule has 1 saturated carbocycles. The van der Waals surface area contributed by atoms with Gasteiger partial charge >= 0.3 is 0 Å². The van der Waals surface area contributed by atoms with Crippen molar-refractivity contribution < 1.29 is 19.0 Å². The van der Waals surface area contributed by atoms with Gasteiger partial charge in [0.05, 0.1) is 31.0 Å². The molecule has 2 heterocycles. The maximum atomic E-state index is 12.9. The summed E-state index contributed by atoms with van der Waals surface area (Å²) in [5.74, 6) is 2.49. The van der Waals surface area contributed by atoms with Gasteiger partial charge in [-0.15, -0.1) is 0 Å². The first kappa shape index (κ1) is 17.3. The summed E-state index contributed by atoms with van der Waals surface area (Å²) < 4.78 is 16.7. The Morgan fingerprint density at radius 1 is 1.15 bits per heavy atom. The number of hydrogen-bond acceptors (Lipinski definition) is 5. The number of amides is 1. The van der Waals surface area contributed by atoms with Crippen LogP contribution in [0.5, 0.6) is 11.5 Å². The van der Waals surface area contributed by atoms with Gasteiger partial charge in [0, 0.05) is 32.5 Å². The number of hydrogen-bond donors (Lipinski definition) is 0. The van der Waals surface area contributed by atoms with Crippen molar-refractivity contribution in [3.63, 3.8) is 0 Å². The van der Waals surface area contributed by atoms with Crippen molar-refractivity contribution >= 4 is 17.8 Å². The number of carbonyl (C=O) groups excluding carboxylic acids is 1. The first-order valence-electron chi connectivity index (χ1n) is 9.38. The summed E-state index contributed by atoms with van der Waals surface area (Å²) in [5.41, 5.74) is 1.27. The molecule has 140 valence electrons. The maximum Gasteiger partial charge on any atom is 0.256 e. The highest BCUT2D eigenvalue weighted by Gasteiger charge is 2.33. The van der Waals surface area contributed by atoms with E-state index in [2.05, 4.69) is 4.99 Å². The number of carbonyl (C=O) groups is 1. The van der Waals surface area contributed by atoms with Crippen LogP contribution in [0, 0.1) is 11.8 Å². The van der Waals surface area contributed by atoms with Crippen LogP contribution in [-0.4, -0.2) is 57.0 Å². The van der Waals surface area contributed by atoms with Crippen molar-refractivity contribution in [2.24, 2.45) is 16.8 Å². The van der Waals surface area contributed by atoms with Gasteiger partial charge in [0.1, 0.15) is 0 Å². The number of ether oxygens (including phenoxy) is 3. The molecule has 2 fully saturated rings. The topological polar surface area (TPSA) is 60.4 Å². The van der Waals surface area contributed by atoms with Crippen molar-refractivity contribution in [2.45, 2.75) is 31.7 Å². The molecule has 4 rings (SSSR count). The molecule has 0 aromatic heterocycles. The third-order valence-electron chi connectivity index (χ3n) is 5.67. The quantitative estimate of drug-likeness (QED) is 0.784. The third kappa shape index (κ3) is 3.18. The fourth-order valence-electron chi connectivity index (χ4n) is 4.21. The van der Waals surface area contributed by atoms with Gasteiger partial charge in [-0.25, -0.2) is 0 Å². The number of fused-ring (bicyclic) bond motifs is 2. The average Bonchev–Trinajstić information content (AvgIpc) is 3.05. The summed E-state index contributed by atoms with van der Waals surface area (Å²) in [4.78, 5) is 19.3. The zero-order chi connectivity index (χ0) is 18.1. The van der Waals surface area contributed by atoms with Crippen LogP contribution < -0.4 is 9.47 Å². The standard InChI is InChI=1S/C20H26N2O4/c1-24-11-13-6-14(7-13)12-26-19-9-17-16(8-18(19)25-2)20(23)22-5-3-4-15(22)10-21-17/h8-10,13-15H,3-7,11-12H2,1-2H3/t13?,14?,15-/m0/s1. The fourth-order valence-corrected chi connectivity index (χ4v) is 4.21. The van der Waals surface area contributed by atoms with Gasteiger partial charge < -0.3 is 19.1 Å². The first-order chi connectivity index (χ1) is 12.7. The predicted octanol–water partition coefficient (Wildman–Crippen LogP) is 3.07. The zero-order valence-corrected chi connectivity index (χ0v) is 15.4. The molecule has 2 aliphatic heterocycles. The minimum Gasteiger partial charge on any atom is -0.493 e. The molecular formula is C20H26N2O4. The van der Waals surface area contributed by atoms with Gasteiger partial charge in [-0.2, -0.15) is 0 Å². The van der Waals surface area contributed by atoms with Gasteiger partial charge in [0.2, 0.25) is 0 Å². The fraction of sp³-hybridized carbons (Fsp3) is 0.600. The molecule has 0 radical (unpaired) electrons. The van der Waals surface area contributed by atoms with E-state index in [1.54, 1.807) is 20.3 Å².